The van der Waals surface area contributed by atoms with Crippen molar-refractivity contribution in [1.29, 1.82) is 5.26 Å². The van der Waals surface area contributed by atoms with Crippen LogP contribution in [0.2, 0.25) is 0 Å². The summed E-state index contributed by atoms with van der Waals surface area (Å²) in [6.07, 6.45) is 3.91. The van der Waals surface area contributed by atoms with Crippen LogP contribution in [-0.4, -0.2) is 46.2 Å². The molecule has 0 radical (unpaired) electrons. The van der Waals surface area contributed by atoms with Crippen molar-refractivity contribution in [2.45, 2.75) is 32.4 Å². The molecule has 0 N–H and O–H groups in total. The number of piperidine rings is 1. The summed E-state index contributed by atoms with van der Waals surface area (Å²) in [5, 5.41) is 13.2. The average Bonchev–Trinajstić information content (AvgIpc) is 2.99. The second-order valence-electron chi connectivity index (χ2n) is 5.86. The van der Waals surface area contributed by atoms with Gasteiger partial charge in [0.15, 0.2) is 5.82 Å². The van der Waals surface area contributed by atoms with Gasteiger partial charge in [-0.2, -0.15) is 10.2 Å². The maximum atomic E-state index is 9.26. The van der Waals surface area contributed by atoms with Crippen molar-refractivity contribution in [3.8, 4) is 6.07 Å². The number of hydrogen-bond acceptors (Lipinski definition) is 7. The quantitative estimate of drug-likeness (QED) is 0.850. The average molecular weight is 312 g/mol. The molecular formula is C16H20N6O. The summed E-state index contributed by atoms with van der Waals surface area (Å²) in [7, 11) is 2.01. The van der Waals surface area contributed by atoms with Gasteiger partial charge in [0.1, 0.15) is 11.9 Å². The molecule has 1 saturated heterocycles. The van der Waals surface area contributed by atoms with Crippen LogP contribution in [0.25, 0.3) is 0 Å². The van der Waals surface area contributed by atoms with Crippen molar-refractivity contribution in [2.24, 2.45) is 0 Å². The zero-order valence-corrected chi connectivity index (χ0v) is 13.4. The van der Waals surface area contributed by atoms with Crippen molar-refractivity contribution >= 4 is 5.82 Å². The standard InChI is InChI=1S/C16H20N6O/c1-12-19-15(20-23-12)11-22-8-4-6-14(10-22)21(2)16-13(9-17)5-3-7-18-16/h3,5,7,14H,4,6,8,10-11H2,1-2H3/t14-/m1/s1. The molecule has 7 heteroatoms. The molecule has 1 fully saturated rings. The Labute approximate surface area is 135 Å². The minimum atomic E-state index is 0.318. The first-order valence-corrected chi connectivity index (χ1v) is 7.77. The predicted octanol–water partition coefficient (Wildman–Crippen LogP) is 1.75. The fraction of sp³-hybridized carbons (Fsp3) is 0.500. The lowest BCUT2D eigenvalue weighted by Crippen LogP contribution is -2.46. The highest BCUT2D eigenvalue weighted by atomic mass is 16.5. The molecule has 2 aromatic heterocycles. The third kappa shape index (κ3) is 3.48. The van der Waals surface area contributed by atoms with Gasteiger partial charge in [-0.3, -0.25) is 4.90 Å². The molecule has 1 aliphatic heterocycles. The number of rotatable bonds is 4. The third-order valence-corrected chi connectivity index (χ3v) is 4.20. The van der Waals surface area contributed by atoms with E-state index in [1.165, 1.54) is 0 Å². The number of aromatic nitrogens is 3. The van der Waals surface area contributed by atoms with E-state index in [1.54, 1.807) is 19.2 Å². The van der Waals surface area contributed by atoms with E-state index in [0.29, 0.717) is 24.0 Å². The van der Waals surface area contributed by atoms with Crippen LogP contribution >= 0.6 is 0 Å². The monoisotopic (exact) mass is 312 g/mol. The fourth-order valence-electron chi connectivity index (χ4n) is 3.03. The van der Waals surface area contributed by atoms with Crippen LogP contribution < -0.4 is 4.90 Å². The van der Waals surface area contributed by atoms with E-state index < -0.39 is 0 Å². The Morgan fingerprint density at radius 2 is 2.39 bits per heavy atom. The van der Waals surface area contributed by atoms with Crippen molar-refractivity contribution in [3.05, 3.63) is 35.6 Å². The Morgan fingerprint density at radius 3 is 3.13 bits per heavy atom. The maximum absolute atomic E-state index is 9.26. The van der Waals surface area contributed by atoms with Crippen LogP contribution in [0.15, 0.2) is 22.9 Å². The van der Waals surface area contributed by atoms with Crippen LogP contribution in [0.5, 0.6) is 0 Å². The maximum Gasteiger partial charge on any atom is 0.223 e. The molecule has 0 aromatic carbocycles. The highest BCUT2D eigenvalue weighted by Gasteiger charge is 2.26. The first-order valence-electron chi connectivity index (χ1n) is 7.77. The van der Waals surface area contributed by atoms with E-state index in [2.05, 4.69) is 31.0 Å². The van der Waals surface area contributed by atoms with Crippen molar-refractivity contribution in [2.75, 3.05) is 25.0 Å². The zero-order valence-electron chi connectivity index (χ0n) is 13.4. The highest BCUT2D eigenvalue weighted by Crippen LogP contribution is 2.23. The van der Waals surface area contributed by atoms with Gasteiger partial charge in [0.25, 0.3) is 0 Å². The van der Waals surface area contributed by atoms with Gasteiger partial charge in [0, 0.05) is 32.8 Å². The van der Waals surface area contributed by atoms with Gasteiger partial charge in [-0.05, 0) is 31.5 Å². The molecule has 7 nitrogen and oxygen atoms in total. The van der Waals surface area contributed by atoms with E-state index >= 15 is 0 Å². The molecule has 0 unspecified atom stereocenters. The van der Waals surface area contributed by atoms with E-state index in [1.807, 2.05) is 13.1 Å². The third-order valence-electron chi connectivity index (χ3n) is 4.20. The minimum absolute atomic E-state index is 0.318. The Hall–Kier alpha value is -2.46. The SMILES string of the molecule is Cc1nc(CN2CCC[C@@H](N(C)c3ncccc3C#N)C2)no1. The molecule has 0 aliphatic carbocycles. The molecule has 3 heterocycles. The molecule has 2 aromatic rings. The first-order chi connectivity index (χ1) is 11.2. The molecule has 3 rings (SSSR count). The first kappa shape index (κ1) is 15.4. The van der Waals surface area contributed by atoms with Gasteiger partial charge in [-0.15, -0.1) is 0 Å². The number of hydrogen-bond donors (Lipinski definition) is 0. The molecular weight excluding hydrogens is 292 g/mol. The van der Waals surface area contributed by atoms with Crippen molar-refractivity contribution < 1.29 is 4.52 Å². The second kappa shape index (κ2) is 6.75. The molecule has 23 heavy (non-hydrogen) atoms. The lowest BCUT2D eigenvalue weighted by molar-refractivity contribution is 0.192. The topological polar surface area (TPSA) is 82.1 Å². The predicted molar refractivity (Wildman–Crippen MR) is 84.7 cm³/mol. The van der Waals surface area contributed by atoms with Gasteiger partial charge >= 0.3 is 0 Å². The molecule has 0 bridgehead atoms. The van der Waals surface area contributed by atoms with Crippen LogP contribution in [0, 0.1) is 18.3 Å². The summed E-state index contributed by atoms with van der Waals surface area (Å²) in [6, 6.07) is 6.14. The smallest absolute Gasteiger partial charge is 0.223 e. The van der Waals surface area contributed by atoms with Gasteiger partial charge in [-0.1, -0.05) is 5.16 Å². The Balaban J connectivity index is 1.69. The Morgan fingerprint density at radius 1 is 1.52 bits per heavy atom. The van der Waals surface area contributed by atoms with Gasteiger partial charge in [0.05, 0.1) is 12.1 Å². The molecule has 0 amide bonds. The highest BCUT2D eigenvalue weighted by molar-refractivity contribution is 5.53. The van der Waals surface area contributed by atoms with E-state index in [9.17, 15) is 5.26 Å². The van der Waals surface area contributed by atoms with Crippen LogP contribution in [0.1, 0.15) is 30.1 Å². The number of likely N-dealkylation sites (tertiary alicyclic amines) is 1. The number of anilines is 1. The summed E-state index contributed by atoms with van der Waals surface area (Å²) in [6.45, 7) is 4.40. The number of nitriles is 1. The minimum Gasteiger partial charge on any atom is -0.354 e. The molecule has 0 saturated carbocycles. The van der Waals surface area contributed by atoms with E-state index in [-0.39, 0.29) is 0 Å². The lowest BCUT2D eigenvalue weighted by Gasteiger charge is -2.37. The van der Waals surface area contributed by atoms with Crippen molar-refractivity contribution in [3.63, 3.8) is 0 Å². The van der Waals surface area contributed by atoms with Crippen molar-refractivity contribution in [1.82, 2.24) is 20.0 Å². The number of aryl methyl sites for hydroxylation is 1. The summed E-state index contributed by atoms with van der Waals surface area (Å²) in [5.41, 5.74) is 0.612. The van der Waals surface area contributed by atoms with Crippen LogP contribution in [0.4, 0.5) is 5.82 Å². The van der Waals surface area contributed by atoms with E-state index in [0.717, 1.165) is 37.6 Å². The fourth-order valence-corrected chi connectivity index (χ4v) is 3.03. The Bertz CT molecular complexity index is 707. The number of pyridine rings is 1. The number of likely N-dealkylation sites (N-methyl/N-ethyl adjacent to an activating group) is 1. The summed E-state index contributed by atoms with van der Waals surface area (Å²) >= 11 is 0. The van der Waals surface area contributed by atoms with Crippen LogP contribution in [0.3, 0.4) is 0 Å². The van der Waals surface area contributed by atoms with Gasteiger partial charge in [0.2, 0.25) is 5.89 Å². The van der Waals surface area contributed by atoms with E-state index in [4.69, 9.17) is 4.52 Å². The lowest BCUT2D eigenvalue weighted by atomic mass is 10.0. The van der Waals surface area contributed by atoms with Gasteiger partial charge in [-0.25, -0.2) is 4.98 Å². The normalized spacial score (nSPS) is 18.6. The molecule has 1 atom stereocenters. The largest absolute Gasteiger partial charge is 0.354 e. The molecule has 0 spiro atoms. The summed E-state index contributed by atoms with van der Waals surface area (Å²) in [4.78, 5) is 13.1. The zero-order chi connectivity index (χ0) is 16.2. The second-order valence-corrected chi connectivity index (χ2v) is 5.86. The summed E-state index contributed by atoms with van der Waals surface area (Å²) < 4.78 is 5.04. The van der Waals surface area contributed by atoms with Gasteiger partial charge < -0.3 is 9.42 Å². The molecule has 120 valence electrons. The van der Waals surface area contributed by atoms with Crippen LogP contribution in [-0.2, 0) is 6.54 Å². The Kier molecular flexibility index (Phi) is 4.53. The molecule has 1 aliphatic rings. The summed E-state index contributed by atoms with van der Waals surface area (Å²) in [5.74, 6) is 2.07. The number of nitrogens with zero attached hydrogens (tertiary/aromatic N) is 6.